The van der Waals surface area contributed by atoms with E-state index in [-0.39, 0.29) is 5.56 Å². The second-order valence-electron chi connectivity index (χ2n) is 7.28. The minimum absolute atomic E-state index is 0.243. The van der Waals surface area contributed by atoms with Crippen LogP contribution < -0.4 is 4.72 Å². The number of hydrogen-bond acceptors (Lipinski definition) is 3. The van der Waals surface area contributed by atoms with Crippen molar-refractivity contribution in [3.63, 3.8) is 0 Å². The third kappa shape index (κ3) is 6.83. The third-order valence-electron chi connectivity index (χ3n) is 3.57. The molecule has 1 unspecified atom stereocenters. The standard InChI is InChI=1S/C17H24BrF4N3OS/c1-15(2,3)27(26)24-16(11-19,12-7-6-8-13(18)9-12)10-14(17(20,21)22)23-25(4)5/h6-9,24H,10-11H2,1-5H3/b23-14-/t16?,27-/m1/s1. The van der Waals surface area contributed by atoms with E-state index in [1.54, 1.807) is 32.9 Å². The molecule has 4 nitrogen and oxygen atoms in total. The van der Waals surface area contributed by atoms with Gasteiger partial charge in [0.15, 0.2) is 0 Å². The smallest absolute Gasteiger partial charge is 0.303 e. The lowest BCUT2D eigenvalue weighted by molar-refractivity contribution is -0.0630. The van der Waals surface area contributed by atoms with E-state index >= 15 is 0 Å². The summed E-state index contributed by atoms with van der Waals surface area (Å²) in [6, 6.07) is 6.27. The minimum atomic E-state index is -4.76. The summed E-state index contributed by atoms with van der Waals surface area (Å²) in [6.07, 6.45) is -5.58. The van der Waals surface area contributed by atoms with Crippen molar-refractivity contribution in [2.75, 3.05) is 20.8 Å². The Morgan fingerprint density at radius 1 is 1.26 bits per heavy atom. The Morgan fingerprint density at radius 3 is 2.26 bits per heavy atom. The molecule has 0 aliphatic rings. The van der Waals surface area contributed by atoms with Gasteiger partial charge in [0, 0.05) is 25.0 Å². The zero-order valence-corrected chi connectivity index (χ0v) is 18.2. The van der Waals surface area contributed by atoms with Gasteiger partial charge in [0.1, 0.15) is 12.4 Å². The molecule has 0 amide bonds. The largest absolute Gasteiger partial charge is 0.431 e. The lowest BCUT2D eigenvalue weighted by Crippen LogP contribution is -2.52. The Balaban J connectivity index is 3.54. The van der Waals surface area contributed by atoms with Gasteiger partial charge in [0.25, 0.3) is 0 Å². The highest BCUT2D eigenvalue weighted by molar-refractivity contribution is 9.10. The van der Waals surface area contributed by atoms with Gasteiger partial charge in [-0.15, -0.1) is 0 Å². The van der Waals surface area contributed by atoms with E-state index in [1.807, 2.05) is 0 Å². The molecule has 2 atom stereocenters. The van der Waals surface area contributed by atoms with Crippen LogP contribution >= 0.6 is 15.9 Å². The minimum Gasteiger partial charge on any atom is -0.303 e. The van der Waals surface area contributed by atoms with Crippen LogP contribution in [0.2, 0.25) is 0 Å². The van der Waals surface area contributed by atoms with Crippen molar-refractivity contribution in [1.29, 1.82) is 0 Å². The zero-order chi connectivity index (χ0) is 21.0. The normalized spacial score (nSPS) is 16.7. The van der Waals surface area contributed by atoms with Crippen molar-refractivity contribution in [3.05, 3.63) is 34.3 Å². The van der Waals surface area contributed by atoms with Crippen molar-refractivity contribution in [2.24, 2.45) is 5.10 Å². The summed E-state index contributed by atoms with van der Waals surface area (Å²) in [6.45, 7) is 3.75. The molecule has 1 rings (SSSR count). The Bertz CT molecular complexity index is 704. The molecule has 154 valence electrons. The first kappa shape index (κ1) is 24.0. The molecule has 0 spiro atoms. The summed E-state index contributed by atoms with van der Waals surface area (Å²) < 4.78 is 69.9. The monoisotopic (exact) mass is 473 g/mol. The summed E-state index contributed by atoms with van der Waals surface area (Å²) in [5.74, 6) is 0. The van der Waals surface area contributed by atoms with Crippen LogP contribution in [0.1, 0.15) is 32.8 Å². The van der Waals surface area contributed by atoms with E-state index in [1.165, 1.54) is 26.2 Å². The number of nitrogens with zero attached hydrogens (tertiary/aromatic N) is 2. The van der Waals surface area contributed by atoms with E-state index in [0.29, 0.717) is 4.47 Å². The maximum Gasteiger partial charge on any atom is 0.431 e. The van der Waals surface area contributed by atoms with E-state index in [4.69, 9.17) is 0 Å². The number of alkyl halides is 4. The molecule has 1 aromatic rings. The fourth-order valence-corrected chi connectivity index (χ4v) is 3.49. The maximum absolute atomic E-state index is 14.3. The molecule has 0 aromatic heterocycles. The van der Waals surface area contributed by atoms with Crippen molar-refractivity contribution >= 4 is 32.6 Å². The SMILES string of the molecule is CN(C)/N=C(/CC(CF)(N[S@](=O)C(C)(C)C)c1cccc(Br)c1)C(F)(F)F. The first-order valence-corrected chi connectivity index (χ1v) is 9.99. The summed E-state index contributed by atoms with van der Waals surface area (Å²) in [4.78, 5) is 0. The number of hydrazone groups is 1. The van der Waals surface area contributed by atoms with Crippen LogP contribution in [0.15, 0.2) is 33.8 Å². The predicted molar refractivity (Wildman–Crippen MR) is 105 cm³/mol. The van der Waals surface area contributed by atoms with Crippen LogP contribution in [0, 0.1) is 0 Å². The molecule has 0 fully saturated rings. The summed E-state index contributed by atoms with van der Waals surface area (Å²) >= 11 is 3.25. The van der Waals surface area contributed by atoms with Crippen molar-refractivity contribution in [2.45, 2.75) is 43.7 Å². The second-order valence-corrected chi connectivity index (χ2v) is 10.2. The number of rotatable bonds is 7. The molecular weight excluding hydrogens is 450 g/mol. The first-order valence-electron chi connectivity index (χ1n) is 8.05. The van der Waals surface area contributed by atoms with Crippen LogP contribution in [0.3, 0.4) is 0 Å². The van der Waals surface area contributed by atoms with Gasteiger partial charge in [-0.1, -0.05) is 28.1 Å². The maximum atomic E-state index is 14.3. The van der Waals surface area contributed by atoms with Crippen LogP contribution in [0.5, 0.6) is 0 Å². The molecule has 1 N–H and O–H groups in total. The summed E-state index contributed by atoms with van der Waals surface area (Å²) in [7, 11) is 0.889. The molecule has 10 heteroatoms. The molecule has 0 aliphatic carbocycles. The zero-order valence-electron chi connectivity index (χ0n) is 15.8. The fraction of sp³-hybridized carbons (Fsp3) is 0.588. The second kappa shape index (κ2) is 9.00. The van der Waals surface area contributed by atoms with Crippen LogP contribution in [-0.2, 0) is 16.5 Å². The molecule has 0 heterocycles. The summed E-state index contributed by atoms with van der Waals surface area (Å²) in [5, 5.41) is 4.51. The Hall–Kier alpha value is -1.00. The lowest BCUT2D eigenvalue weighted by Gasteiger charge is -2.35. The average molecular weight is 474 g/mol. The van der Waals surface area contributed by atoms with E-state index < -0.39 is 46.3 Å². The predicted octanol–water partition coefficient (Wildman–Crippen LogP) is 4.54. The van der Waals surface area contributed by atoms with Gasteiger partial charge in [0.05, 0.1) is 21.3 Å². The van der Waals surface area contributed by atoms with Crippen molar-refractivity contribution in [3.8, 4) is 0 Å². The van der Waals surface area contributed by atoms with Crippen LogP contribution in [0.4, 0.5) is 17.6 Å². The van der Waals surface area contributed by atoms with Gasteiger partial charge in [0.2, 0.25) is 0 Å². The molecule has 0 aliphatic heterocycles. The quantitative estimate of drug-likeness (QED) is 0.359. The number of nitrogens with one attached hydrogen (secondary N) is 1. The fourth-order valence-electron chi connectivity index (χ4n) is 2.18. The highest BCUT2D eigenvalue weighted by atomic mass is 79.9. The highest BCUT2D eigenvalue weighted by Gasteiger charge is 2.45. The first-order chi connectivity index (χ1) is 12.2. The molecule has 0 bridgehead atoms. The molecule has 27 heavy (non-hydrogen) atoms. The molecule has 0 saturated heterocycles. The molecule has 1 aromatic carbocycles. The summed E-state index contributed by atoms with van der Waals surface area (Å²) in [5.41, 5.74) is -2.78. The topological polar surface area (TPSA) is 44.7 Å². The van der Waals surface area contributed by atoms with E-state index in [0.717, 1.165) is 5.01 Å². The van der Waals surface area contributed by atoms with Gasteiger partial charge in [-0.05, 0) is 38.5 Å². The Labute approximate surface area is 168 Å². The van der Waals surface area contributed by atoms with E-state index in [9.17, 15) is 21.8 Å². The van der Waals surface area contributed by atoms with Crippen molar-refractivity contribution in [1.82, 2.24) is 9.73 Å². The van der Waals surface area contributed by atoms with Crippen LogP contribution in [0.25, 0.3) is 0 Å². The van der Waals surface area contributed by atoms with Crippen molar-refractivity contribution < 1.29 is 21.8 Å². The number of hydrogen-bond donors (Lipinski definition) is 1. The number of halogens is 5. The molecular formula is C17H24BrF4N3OS. The molecule has 0 radical (unpaired) electrons. The number of benzene rings is 1. The van der Waals surface area contributed by atoms with Gasteiger partial charge in [-0.25, -0.2) is 13.3 Å². The van der Waals surface area contributed by atoms with Gasteiger partial charge >= 0.3 is 6.18 Å². The van der Waals surface area contributed by atoms with Crippen LogP contribution in [-0.4, -0.2) is 46.6 Å². The third-order valence-corrected chi connectivity index (χ3v) is 5.75. The molecule has 0 saturated carbocycles. The Kier molecular flexibility index (Phi) is 8.01. The van der Waals surface area contributed by atoms with Gasteiger partial charge in [-0.3, -0.25) is 0 Å². The lowest BCUT2D eigenvalue weighted by atomic mass is 9.86. The van der Waals surface area contributed by atoms with Gasteiger partial charge in [-0.2, -0.15) is 18.3 Å². The Morgan fingerprint density at radius 2 is 1.85 bits per heavy atom. The average Bonchev–Trinajstić information content (AvgIpc) is 2.51. The van der Waals surface area contributed by atoms with E-state index in [2.05, 4.69) is 25.8 Å². The highest BCUT2D eigenvalue weighted by Crippen LogP contribution is 2.34. The van der Waals surface area contributed by atoms with Gasteiger partial charge < -0.3 is 5.01 Å².